The van der Waals surface area contributed by atoms with Gasteiger partial charge in [0.05, 0.1) is 0 Å². The molecule has 0 heterocycles. The van der Waals surface area contributed by atoms with Gasteiger partial charge < -0.3 is 0 Å². The third-order valence-electron chi connectivity index (χ3n) is 8.13. The van der Waals surface area contributed by atoms with Crippen molar-refractivity contribution in [1.29, 1.82) is 0 Å². The van der Waals surface area contributed by atoms with E-state index in [9.17, 15) is 0 Å². The van der Waals surface area contributed by atoms with Crippen LogP contribution in [0.15, 0.2) is 12.1 Å². The van der Waals surface area contributed by atoms with Crippen LogP contribution >= 0.6 is 0 Å². The van der Waals surface area contributed by atoms with Crippen molar-refractivity contribution in [1.82, 2.24) is 0 Å². The molecule has 0 atom stereocenters. The van der Waals surface area contributed by atoms with Gasteiger partial charge in [-0.3, -0.25) is 0 Å². The number of rotatable bonds is 0. The third-order valence-corrected chi connectivity index (χ3v) is 8.13. The number of hydrogen-bond donors (Lipinski definition) is 0. The Bertz CT molecular complexity index is 1230. The Balaban J connectivity index is 0.000000209. The van der Waals surface area contributed by atoms with Gasteiger partial charge in [0.15, 0.2) is 0 Å². The van der Waals surface area contributed by atoms with Crippen LogP contribution in [0.2, 0.25) is 0 Å². The Labute approximate surface area is 217 Å². The average Bonchev–Trinajstić information content (AvgIpc) is 3.24. The van der Waals surface area contributed by atoms with Gasteiger partial charge in [-0.15, -0.1) is 55.9 Å². The van der Waals surface area contributed by atoms with E-state index in [1.165, 1.54) is 113 Å². The van der Waals surface area contributed by atoms with E-state index in [1.54, 1.807) is 0 Å². The summed E-state index contributed by atoms with van der Waals surface area (Å²) in [5, 5.41) is 5.86. The number of hydrogen-bond acceptors (Lipinski definition) is 0. The maximum absolute atomic E-state index is 2.33. The van der Waals surface area contributed by atoms with Gasteiger partial charge in [-0.1, -0.05) is 74.9 Å². The Morgan fingerprint density at radius 1 is 0.424 bits per heavy atom. The summed E-state index contributed by atoms with van der Waals surface area (Å²) in [5.74, 6) is 0. The first-order chi connectivity index (χ1) is 15.3. The predicted molar refractivity (Wildman–Crippen MR) is 148 cm³/mol. The summed E-state index contributed by atoms with van der Waals surface area (Å²) in [4.78, 5) is 0. The van der Waals surface area contributed by atoms with Crippen molar-refractivity contribution in [3.63, 3.8) is 0 Å². The largest absolute Gasteiger partial charge is 0.153 e. The minimum Gasteiger partial charge on any atom is -0.153 e. The quantitative estimate of drug-likeness (QED) is 0.204. The molecular formula is C32H42Zr. The molecule has 0 fully saturated rings. The van der Waals surface area contributed by atoms with Crippen molar-refractivity contribution in [2.45, 2.75) is 90.0 Å². The maximum atomic E-state index is 2.33. The number of benzene rings is 2. The third kappa shape index (κ3) is 4.95. The molecule has 0 unspecified atom stereocenters. The van der Waals surface area contributed by atoms with Crippen LogP contribution in [-0.2, 0) is 24.2 Å². The monoisotopic (exact) mass is 516 g/mol. The van der Waals surface area contributed by atoms with Crippen LogP contribution < -0.4 is 0 Å². The van der Waals surface area contributed by atoms with E-state index in [0.29, 0.717) is 0 Å². The van der Waals surface area contributed by atoms with Crippen LogP contribution in [0.5, 0.6) is 0 Å². The SMILES string of the molecule is C[CH]=[Zr+2].Cc1[cH-]c2c(C)c(C)c(C)c(C)c2c1C.Cc1[cH-]c2c(C)c(C)c(C)c(C)c2c1C. The van der Waals surface area contributed by atoms with Crippen molar-refractivity contribution in [3.8, 4) is 0 Å². The molecule has 174 valence electrons. The van der Waals surface area contributed by atoms with E-state index >= 15 is 0 Å². The summed E-state index contributed by atoms with van der Waals surface area (Å²) in [6.07, 6.45) is 0. The van der Waals surface area contributed by atoms with Gasteiger partial charge in [0, 0.05) is 0 Å². The minimum atomic E-state index is 1.42. The summed E-state index contributed by atoms with van der Waals surface area (Å²) in [6, 6.07) is 4.67. The summed E-state index contributed by atoms with van der Waals surface area (Å²) in [6.45, 7) is 28.8. The minimum absolute atomic E-state index is 1.42. The van der Waals surface area contributed by atoms with E-state index in [1.807, 2.05) is 6.92 Å². The van der Waals surface area contributed by atoms with Gasteiger partial charge in [-0.25, -0.2) is 0 Å². The first kappa shape index (κ1) is 27.7. The summed E-state index contributed by atoms with van der Waals surface area (Å²) < 4.78 is 2.09. The van der Waals surface area contributed by atoms with Gasteiger partial charge in [0.25, 0.3) is 0 Å². The molecule has 0 bridgehead atoms. The zero-order valence-electron chi connectivity index (χ0n) is 23.2. The summed E-state index contributed by atoms with van der Waals surface area (Å²) in [5.41, 5.74) is 17.4. The Kier molecular flexibility index (Phi) is 9.03. The van der Waals surface area contributed by atoms with Crippen molar-refractivity contribution in [3.05, 3.63) is 78.9 Å². The van der Waals surface area contributed by atoms with E-state index in [2.05, 4.69) is 98.9 Å². The fraction of sp³-hybridized carbons (Fsp3) is 0.406. The van der Waals surface area contributed by atoms with Gasteiger partial charge >= 0.3 is 34.9 Å². The van der Waals surface area contributed by atoms with E-state index in [-0.39, 0.29) is 0 Å². The normalized spacial score (nSPS) is 10.8. The molecule has 4 rings (SSSR count). The van der Waals surface area contributed by atoms with Crippen LogP contribution in [0, 0.1) is 83.1 Å². The molecular weight excluding hydrogens is 476 g/mol. The second-order valence-corrected chi connectivity index (χ2v) is 11.2. The topological polar surface area (TPSA) is 0 Å². The first-order valence-corrected chi connectivity index (χ1v) is 13.4. The molecule has 0 aliphatic heterocycles. The van der Waals surface area contributed by atoms with Crippen molar-refractivity contribution in [2.24, 2.45) is 0 Å². The summed E-state index contributed by atoms with van der Waals surface area (Å²) >= 11 is 1.51. The Morgan fingerprint density at radius 3 is 0.939 bits per heavy atom. The summed E-state index contributed by atoms with van der Waals surface area (Å²) in [7, 11) is 0. The zero-order chi connectivity index (χ0) is 25.4. The molecule has 0 aliphatic rings. The number of aryl methyl sites for hydroxylation is 8. The molecule has 0 aliphatic carbocycles. The molecule has 0 radical (unpaired) electrons. The Hall–Kier alpha value is -1.59. The van der Waals surface area contributed by atoms with Crippen LogP contribution in [0.4, 0.5) is 0 Å². The van der Waals surface area contributed by atoms with E-state index in [0.717, 1.165) is 0 Å². The first-order valence-electron chi connectivity index (χ1n) is 12.0. The van der Waals surface area contributed by atoms with Gasteiger partial charge in [-0.05, 0) is 41.5 Å². The molecule has 0 saturated carbocycles. The second kappa shape index (κ2) is 10.8. The van der Waals surface area contributed by atoms with E-state index < -0.39 is 0 Å². The van der Waals surface area contributed by atoms with Crippen LogP contribution in [-0.4, -0.2) is 3.71 Å². The molecule has 4 aromatic rings. The van der Waals surface area contributed by atoms with Gasteiger partial charge in [0.1, 0.15) is 0 Å². The van der Waals surface area contributed by atoms with Crippen LogP contribution in [0.3, 0.4) is 0 Å². The van der Waals surface area contributed by atoms with Crippen LogP contribution in [0.25, 0.3) is 21.5 Å². The average molecular weight is 518 g/mol. The molecule has 0 N–H and O–H groups in total. The molecule has 0 nitrogen and oxygen atoms in total. The number of fused-ring (bicyclic) bond motifs is 2. The fourth-order valence-electron chi connectivity index (χ4n) is 5.05. The standard InChI is InChI=1S/2C15H19.C2H4.Zr/c2*1-8-7-14-12(5)10(3)11(4)13(6)15(14)9(8)2;1-2;/h2*7H,1-6H3;1H,2H3;/q2*-1;;+2. The Morgan fingerprint density at radius 2 is 0.667 bits per heavy atom. The molecule has 4 aromatic carbocycles. The van der Waals surface area contributed by atoms with Crippen LogP contribution in [0.1, 0.15) is 73.7 Å². The van der Waals surface area contributed by atoms with Crippen molar-refractivity contribution in [2.75, 3.05) is 0 Å². The van der Waals surface area contributed by atoms with Gasteiger partial charge in [0.2, 0.25) is 0 Å². The molecule has 33 heavy (non-hydrogen) atoms. The molecule has 0 spiro atoms. The fourth-order valence-corrected chi connectivity index (χ4v) is 5.05. The second-order valence-electron chi connectivity index (χ2n) is 9.77. The van der Waals surface area contributed by atoms with Crippen molar-refractivity contribution < 1.29 is 24.2 Å². The van der Waals surface area contributed by atoms with Crippen molar-refractivity contribution >= 4 is 25.3 Å². The molecule has 0 amide bonds. The molecule has 0 aromatic heterocycles. The smallest absolute Gasteiger partial charge is 0.0408 e. The zero-order valence-corrected chi connectivity index (χ0v) is 25.7. The van der Waals surface area contributed by atoms with Gasteiger partial charge in [-0.2, -0.15) is 11.1 Å². The predicted octanol–water partition coefficient (Wildman–Crippen LogP) is 9.17. The van der Waals surface area contributed by atoms with E-state index in [4.69, 9.17) is 0 Å². The molecule has 0 saturated heterocycles. The molecule has 1 heteroatoms. The maximum Gasteiger partial charge on any atom is -0.0408 e.